The lowest BCUT2D eigenvalue weighted by molar-refractivity contribution is -0.118. The minimum absolute atomic E-state index is 0.0556. The fraction of sp³-hybridized carbons (Fsp3) is 0.417. The van der Waals surface area contributed by atoms with Crippen LogP contribution in [0.15, 0.2) is 48.5 Å². The number of likely N-dealkylation sites (tertiary alicyclic amines) is 1. The van der Waals surface area contributed by atoms with Crippen molar-refractivity contribution in [3.8, 4) is 5.75 Å². The number of carbonyl (C=O) groups is 2. The Morgan fingerprint density at radius 3 is 2.40 bits per heavy atom. The lowest BCUT2D eigenvalue weighted by atomic mass is 10.0. The summed E-state index contributed by atoms with van der Waals surface area (Å²) in [6.07, 6.45) is 2.50. The third kappa shape index (κ3) is 5.83. The van der Waals surface area contributed by atoms with Gasteiger partial charge in [0.1, 0.15) is 11.8 Å². The molecule has 0 bridgehead atoms. The molecule has 2 amide bonds. The quantitative estimate of drug-likeness (QED) is 0.698. The van der Waals surface area contributed by atoms with E-state index in [0.29, 0.717) is 11.3 Å². The molecule has 0 aliphatic carbocycles. The molecule has 1 atom stereocenters. The molecule has 1 heterocycles. The van der Waals surface area contributed by atoms with Crippen LogP contribution in [0.5, 0.6) is 5.75 Å². The molecule has 30 heavy (non-hydrogen) atoms. The second-order valence-electron chi connectivity index (χ2n) is 8.10. The van der Waals surface area contributed by atoms with Crippen LogP contribution in [0.2, 0.25) is 0 Å². The number of ether oxygens (including phenoxy) is 1. The van der Waals surface area contributed by atoms with Gasteiger partial charge >= 0.3 is 0 Å². The molecule has 1 fully saturated rings. The molecule has 0 spiro atoms. The van der Waals surface area contributed by atoms with E-state index in [4.69, 9.17) is 4.74 Å². The highest BCUT2D eigenvalue weighted by Gasteiger charge is 2.25. The first-order chi connectivity index (χ1) is 14.5. The molecule has 1 unspecified atom stereocenters. The summed E-state index contributed by atoms with van der Waals surface area (Å²) < 4.78 is 5.13. The standard InChI is InChI=1S/C24H31N3O3/c1-17(2)22(26-23(28)19-9-11-21(30-3)12-10-19)24(29)25-20-8-6-7-18(15-20)16-27-13-4-5-14-27/h6-12,15,17,22H,4-5,13-14,16H2,1-3H3,(H,25,29)(H,26,28). The largest absolute Gasteiger partial charge is 0.497 e. The number of carbonyl (C=O) groups excluding carboxylic acids is 2. The van der Waals surface area contributed by atoms with Crippen LogP contribution >= 0.6 is 0 Å². The molecule has 3 rings (SSSR count). The van der Waals surface area contributed by atoms with Gasteiger partial charge in [0.05, 0.1) is 7.11 Å². The average molecular weight is 410 g/mol. The first-order valence-corrected chi connectivity index (χ1v) is 10.5. The lowest BCUT2D eigenvalue weighted by Gasteiger charge is -2.22. The van der Waals surface area contributed by atoms with Crippen molar-refractivity contribution >= 4 is 17.5 Å². The van der Waals surface area contributed by atoms with Crippen LogP contribution < -0.4 is 15.4 Å². The number of hydrogen-bond donors (Lipinski definition) is 2. The Labute approximate surface area is 178 Å². The summed E-state index contributed by atoms with van der Waals surface area (Å²) in [7, 11) is 1.58. The van der Waals surface area contributed by atoms with Gasteiger partial charge in [-0.25, -0.2) is 0 Å². The number of nitrogens with zero attached hydrogens (tertiary/aromatic N) is 1. The van der Waals surface area contributed by atoms with Crippen molar-refractivity contribution in [2.45, 2.75) is 39.3 Å². The van der Waals surface area contributed by atoms with Crippen molar-refractivity contribution < 1.29 is 14.3 Å². The van der Waals surface area contributed by atoms with Crippen LogP contribution in [-0.4, -0.2) is 43.0 Å². The molecule has 0 saturated carbocycles. The third-order valence-corrected chi connectivity index (χ3v) is 5.39. The van der Waals surface area contributed by atoms with E-state index in [1.807, 2.05) is 32.0 Å². The van der Waals surface area contributed by atoms with Gasteiger partial charge in [-0.05, 0) is 73.8 Å². The Bertz CT molecular complexity index is 858. The van der Waals surface area contributed by atoms with Crippen molar-refractivity contribution in [3.63, 3.8) is 0 Å². The number of nitrogens with one attached hydrogen (secondary N) is 2. The van der Waals surface area contributed by atoms with Crippen molar-refractivity contribution in [2.24, 2.45) is 5.92 Å². The van der Waals surface area contributed by atoms with Gasteiger partial charge in [0.15, 0.2) is 0 Å². The normalized spacial score (nSPS) is 15.1. The smallest absolute Gasteiger partial charge is 0.251 e. The average Bonchev–Trinajstić information content (AvgIpc) is 3.24. The monoisotopic (exact) mass is 409 g/mol. The molecular weight excluding hydrogens is 378 g/mol. The van der Waals surface area contributed by atoms with Gasteiger partial charge in [0.2, 0.25) is 5.91 Å². The SMILES string of the molecule is COc1ccc(C(=O)NC(C(=O)Nc2cccc(CN3CCCC3)c2)C(C)C)cc1. The minimum Gasteiger partial charge on any atom is -0.497 e. The fourth-order valence-electron chi connectivity index (χ4n) is 3.67. The van der Waals surface area contributed by atoms with E-state index in [1.165, 1.54) is 18.4 Å². The number of rotatable bonds is 8. The van der Waals surface area contributed by atoms with E-state index in [1.54, 1.807) is 31.4 Å². The number of benzene rings is 2. The topological polar surface area (TPSA) is 70.7 Å². The lowest BCUT2D eigenvalue weighted by Crippen LogP contribution is -2.47. The van der Waals surface area contributed by atoms with E-state index in [9.17, 15) is 9.59 Å². The number of hydrogen-bond acceptors (Lipinski definition) is 4. The zero-order valence-corrected chi connectivity index (χ0v) is 18.0. The summed E-state index contributed by atoms with van der Waals surface area (Å²) in [5.74, 6) is 0.123. The number of amides is 2. The molecule has 6 nitrogen and oxygen atoms in total. The Kier molecular flexibility index (Phi) is 7.46. The van der Waals surface area contributed by atoms with Crippen molar-refractivity contribution in [2.75, 3.05) is 25.5 Å². The zero-order chi connectivity index (χ0) is 21.5. The van der Waals surface area contributed by atoms with E-state index >= 15 is 0 Å². The molecule has 2 aromatic rings. The van der Waals surface area contributed by atoms with Crippen molar-refractivity contribution in [1.82, 2.24) is 10.2 Å². The maximum Gasteiger partial charge on any atom is 0.251 e. The Morgan fingerprint density at radius 2 is 1.77 bits per heavy atom. The fourth-order valence-corrected chi connectivity index (χ4v) is 3.67. The molecule has 0 aromatic heterocycles. The van der Waals surface area contributed by atoms with Gasteiger partial charge in [-0.15, -0.1) is 0 Å². The summed E-state index contributed by atoms with van der Waals surface area (Å²) in [5.41, 5.74) is 2.42. The Balaban J connectivity index is 1.64. The summed E-state index contributed by atoms with van der Waals surface area (Å²) in [6.45, 7) is 6.99. The van der Waals surface area contributed by atoms with Crippen LogP contribution in [0.1, 0.15) is 42.6 Å². The van der Waals surface area contributed by atoms with Crippen LogP contribution in [0.4, 0.5) is 5.69 Å². The highest BCUT2D eigenvalue weighted by atomic mass is 16.5. The molecule has 0 radical (unpaired) electrons. The van der Waals surface area contributed by atoms with E-state index in [0.717, 1.165) is 25.3 Å². The van der Waals surface area contributed by atoms with E-state index < -0.39 is 6.04 Å². The number of methoxy groups -OCH3 is 1. The van der Waals surface area contributed by atoms with Gasteiger partial charge in [-0.3, -0.25) is 14.5 Å². The molecular formula is C24H31N3O3. The molecule has 160 valence electrons. The van der Waals surface area contributed by atoms with Gasteiger partial charge in [-0.2, -0.15) is 0 Å². The van der Waals surface area contributed by atoms with Crippen LogP contribution in [0.25, 0.3) is 0 Å². The molecule has 6 heteroatoms. The van der Waals surface area contributed by atoms with Gasteiger partial charge in [0.25, 0.3) is 5.91 Å². The highest BCUT2D eigenvalue weighted by molar-refractivity contribution is 6.01. The summed E-state index contributed by atoms with van der Waals surface area (Å²) >= 11 is 0. The zero-order valence-electron chi connectivity index (χ0n) is 18.0. The third-order valence-electron chi connectivity index (χ3n) is 5.39. The summed E-state index contributed by atoms with van der Waals surface area (Å²) in [5, 5.41) is 5.84. The van der Waals surface area contributed by atoms with Gasteiger partial charge in [-0.1, -0.05) is 26.0 Å². The van der Waals surface area contributed by atoms with Crippen molar-refractivity contribution in [1.29, 1.82) is 0 Å². The van der Waals surface area contributed by atoms with Gasteiger partial charge < -0.3 is 15.4 Å². The highest BCUT2D eigenvalue weighted by Crippen LogP contribution is 2.17. The van der Waals surface area contributed by atoms with E-state index in [-0.39, 0.29) is 17.7 Å². The summed E-state index contributed by atoms with van der Waals surface area (Å²) in [6, 6.07) is 14.1. The van der Waals surface area contributed by atoms with Crippen LogP contribution in [0.3, 0.4) is 0 Å². The van der Waals surface area contributed by atoms with E-state index in [2.05, 4.69) is 21.6 Å². The Morgan fingerprint density at radius 1 is 1.07 bits per heavy atom. The summed E-state index contributed by atoms with van der Waals surface area (Å²) in [4.78, 5) is 28.0. The molecule has 1 saturated heterocycles. The first kappa shape index (κ1) is 21.8. The minimum atomic E-state index is -0.637. The second kappa shape index (κ2) is 10.3. The van der Waals surface area contributed by atoms with Gasteiger partial charge in [0, 0.05) is 17.8 Å². The van der Waals surface area contributed by atoms with Crippen LogP contribution in [-0.2, 0) is 11.3 Å². The second-order valence-corrected chi connectivity index (χ2v) is 8.10. The van der Waals surface area contributed by atoms with Crippen molar-refractivity contribution in [3.05, 3.63) is 59.7 Å². The van der Waals surface area contributed by atoms with Crippen LogP contribution in [0, 0.1) is 5.92 Å². The predicted molar refractivity (Wildman–Crippen MR) is 119 cm³/mol. The number of anilines is 1. The predicted octanol–water partition coefficient (Wildman–Crippen LogP) is 3.68. The molecule has 1 aliphatic rings. The molecule has 2 aromatic carbocycles. The maximum atomic E-state index is 12.9. The maximum absolute atomic E-state index is 12.9. The molecule has 1 aliphatic heterocycles. The molecule has 2 N–H and O–H groups in total. The first-order valence-electron chi connectivity index (χ1n) is 10.5. The Hall–Kier alpha value is -2.86.